The molecule has 1 aromatic rings. The Kier molecular flexibility index (Phi) is 3.64. The molecule has 0 radical (unpaired) electrons. The summed E-state index contributed by atoms with van der Waals surface area (Å²) >= 11 is 0. The monoisotopic (exact) mass is 251 g/mol. The third-order valence-corrected chi connectivity index (χ3v) is 4.51. The first-order chi connectivity index (χ1) is 8.13. The summed E-state index contributed by atoms with van der Waals surface area (Å²) in [6.07, 6.45) is 3.64. The molecule has 1 fully saturated rings. The van der Waals surface area contributed by atoms with Crippen molar-refractivity contribution in [3.8, 4) is 0 Å². The van der Waals surface area contributed by atoms with E-state index in [1.54, 1.807) is 10.4 Å². The van der Waals surface area contributed by atoms with Crippen molar-refractivity contribution < 1.29 is 8.42 Å². The van der Waals surface area contributed by atoms with Crippen LogP contribution in [0.3, 0.4) is 0 Å². The van der Waals surface area contributed by atoms with E-state index < -0.39 is 10.0 Å². The molecule has 0 aliphatic heterocycles. The number of nitrogens with zero attached hydrogens (tertiary/aromatic N) is 1. The van der Waals surface area contributed by atoms with E-state index in [4.69, 9.17) is 0 Å². The van der Waals surface area contributed by atoms with E-state index >= 15 is 0 Å². The third-order valence-electron chi connectivity index (χ3n) is 2.82. The molecule has 0 atom stereocenters. The van der Waals surface area contributed by atoms with Gasteiger partial charge >= 0.3 is 0 Å². The number of rotatable bonds is 5. The van der Waals surface area contributed by atoms with Crippen LogP contribution >= 0.6 is 0 Å². The zero-order valence-electron chi connectivity index (χ0n) is 9.91. The molecule has 0 N–H and O–H groups in total. The first-order valence-corrected chi connectivity index (χ1v) is 7.39. The van der Waals surface area contributed by atoms with E-state index in [-0.39, 0.29) is 6.04 Å². The van der Waals surface area contributed by atoms with E-state index in [0.29, 0.717) is 6.54 Å². The van der Waals surface area contributed by atoms with Gasteiger partial charge in [0.2, 0.25) is 10.0 Å². The summed E-state index contributed by atoms with van der Waals surface area (Å²) in [5.41, 5.74) is 0.905. The molecule has 0 bridgehead atoms. The quantitative estimate of drug-likeness (QED) is 0.806. The van der Waals surface area contributed by atoms with Gasteiger partial charge in [0.15, 0.2) is 0 Å². The molecule has 3 nitrogen and oxygen atoms in total. The summed E-state index contributed by atoms with van der Waals surface area (Å²) in [6, 6.07) is 9.70. The molecule has 17 heavy (non-hydrogen) atoms. The largest absolute Gasteiger partial charge is 0.236 e. The van der Waals surface area contributed by atoms with Gasteiger partial charge in [0.25, 0.3) is 0 Å². The molecule has 0 spiro atoms. The second-order valence-electron chi connectivity index (χ2n) is 4.19. The van der Waals surface area contributed by atoms with Crippen LogP contribution in [-0.2, 0) is 10.0 Å². The van der Waals surface area contributed by atoms with Crippen LogP contribution < -0.4 is 0 Å². The smallest absolute Gasteiger partial charge is 0.207 e. The van der Waals surface area contributed by atoms with Crippen LogP contribution in [0.15, 0.2) is 35.7 Å². The predicted octanol–water partition coefficient (Wildman–Crippen LogP) is 2.47. The van der Waals surface area contributed by atoms with Crippen molar-refractivity contribution in [3.05, 3.63) is 41.3 Å². The van der Waals surface area contributed by atoms with Crippen LogP contribution in [0.2, 0.25) is 0 Å². The van der Waals surface area contributed by atoms with Crippen molar-refractivity contribution >= 4 is 16.1 Å². The number of hydrogen-bond acceptors (Lipinski definition) is 2. The maximum Gasteiger partial charge on any atom is 0.236 e. The molecule has 4 heteroatoms. The van der Waals surface area contributed by atoms with Crippen molar-refractivity contribution in [2.75, 3.05) is 6.54 Å². The minimum atomic E-state index is -3.25. The molecule has 1 aliphatic carbocycles. The summed E-state index contributed by atoms with van der Waals surface area (Å²) in [5, 5.41) is 1.31. The highest BCUT2D eigenvalue weighted by Crippen LogP contribution is 2.29. The minimum absolute atomic E-state index is 0.227. The zero-order valence-corrected chi connectivity index (χ0v) is 10.7. The molecule has 1 aromatic carbocycles. The average molecular weight is 251 g/mol. The van der Waals surface area contributed by atoms with Gasteiger partial charge in [0, 0.05) is 18.0 Å². The Morgan fingerprint density at radius 2 is 1.94 bits per heavy atom. The van der Waals surface area contributed by atoms with Crippen LogP contribution in [0, 0.1) is 0 Å². The summed E-state index contributed by atoms with van der Waals surface area (Å²) in [7, 11) is -3.25. The Morgan fingerprint density at radius 3 is 2.47 bits per heavy atom. The minimum Gasteiger partial charge on any atom is -0.207 e. The third kappa shape index (κ3) is 3.17. The zero-order chi connectivity index (χ0) is 12.3. The first-order valence-electron chi connectivity index (χ1n) is 5.88. The SMILES string of the molecule is CCN(C1CC1)S(=O)(=O)/C=C/c1ccccc1. The number of sulfonamides is 1. The van der Waals surface area contributed by atoms with E-state index in [1.807, 2.05) is 37.3 Å². The van der Waals surface area contributed by atoms with Gasteiger partial charge in [0.1, 0.15) is 0 Å². The van der Waals surface area contributed by atoms with Crippen molar-refractivity contribution in [1.29, 1.82) is 0 Å². The van der Waals surface area contributed by atoms with Crippen LogP contribution in [-0.4, -0.2) is 25.3 Å². The lowest BCUT2D eigenvalue weighted by Crippen LogP contribution is -2.31. The molecule has 0 heterocycles. The predicted molar refractivity (Wildman–Crippen MR) is 69.8 cm³/mol. The standard InChI is InChI=1S/C13H17NO2S/c1-2-14(13-8-9-13)17(15,16)11-10-12-6-4-3-5-7-12/h3-7,10-11,13H,2,8-9H2,1H3/b11-10+. The second-order valence-corrected chi connectivity index (χ2v) is 5.96. The molecule has 1 saturated carbocycles. The first kappa shape index (κ1) is 12.3. The van der Waals surface area contributed by atoms with Crippen molar-refractivity contribution in [2.45, 2.75) is 25.8 Å². The van der Waals surface area contributed by atoms with Gasteiger partial charge in [-0.25, -0.2) is 8.42 Å². The van der Waals surface area contributed by atoms with Crippen LogP contribution in [0.4, 0.5) is 0 Å². The normalized spacial score (nSPS) is 16.8. The van der Waals surface area contributed by atoms with Crippen molar-refractivity contribution in [2.24, 2.45) is 0 Å². The molecule has 92 valence electrons. The van der Waals surface area contributed by atoms with Gasteiger partial charge in [-0.05, 0) is 24.5 Å². The van der Waals surface area contributed by atoms with E-state index in [9.17, 15) is 8.42 Å². The molecule has 1 aliphatic rings. The van der Waals surface area contributed by atoms with E-state index in [2.05, 4.69) is 0 Å². The molecule has 0 unspecified atom stereocenters. The Labute approximate surface area is 103 Å². The van der Waals surface area contributed by atoms with Crippen LogP contribution in [0.5, 0.6) is 0 Å². The highest BCUT2D eigenvalue weighted by atomic mass is 32.2. The topological polar surface area (TPSA) is 37.4 Å². The summed E-state index contributed by atoms with van der Waals surface area (Å²) in [6.45, 7) is 2.43. The van der Waals surface area contributed by atoms with E-state index in [0.717, 1.165) is 18.4 Å². The summed E-state index contributed by atoms with van der Waals surface area (Å²) < 4.78 is 25.7. The Morgan fingerprint density at radius 1 is 1.29 bits per heavy atom. The highest BCUT2D eigenvalue weighted by molar-refractivity contribution is 7.92. The van der Waals surface area contributed by atoms with E-state index in [1.165, 1.54) is 5.41 Å². The van der Waals surface area contributed by atoms with Gasteiger partial charge in [-0.3, -0.25) is 0 Å². The average Bonchev–Trinajstić information content (AvgIpc) is 3.13. The van der Waals surface area contributed by atoms with Gasteiger partial charge in [0.05, 0.1) is 0 Å². The Hall–Kier alpha value is -1.13. The Balaban J connectivity index is 2.14. The molecule has 2 rings (SSSR count). The van der Waals surface area contributed by atoms with Crippen LogP contribution in [0.1, 0.15) is 25.3 Å². The van der Waals surface area contributed by atoms with Crippen molar-refractivity contribution in [1.82, 2.24) is 4.31 Å². The highest BCUT2D eigenvalue weighted by Gasteiger charge is 2.34. The lowest BCUT2D eigenvalue weighted by molar-refractivity contribution is 0.428. The second kappa shape index (κ2) is 5.02. The van der Waals surface area contributed by atoms with Crippen molar-refractivity contribution in [3.63, 3.8) is 0 Å². The number of benzene rings is 1. The number of hydrogen-bond donors (Lipinski definition) is 0. The van der Waals surface area contributed by atoms with Crippen LogP contribution in [0.25, 0.3) is 6.08 Å². The summed E-state index contributed by atoms with van der Waals surface area (Å²) in [5.74, 6) is 0. The van der Waals surface area contributed by atoms with Gasteiger partial charge < -0.3 is 0 Å². The summed E-state index contributed by atoms with van der Waals surface area (Å²) in [4.78, 5) is 0. The van der Waals surface area contributed by atoms with Gasteiger partial charge in [-0.1, -0.05) is 37.3 Å². The molecular formula is C13H17NO2S. The molecule has 0 amide bonds. The maximum absolute atomic E-state index is 12.1. The lowest BCUT2D eigenvalue weighted by atomic mass is 10.2. The molecule has 0 saturated heterocycles. The fourth-order valence-corrected chi connectivity index (χ4v) is 3.29. The molecular weight excluding hydrogens is 234 g/mol. The lowest BCUT2D eigenvalue weighted by Gasteiger charge is -2.16. The fraction of sp³-hybridized carbons (Fsp3) is 0.385. The van der Waals surface area contributed by atoms with Gasteiger partial charge in [-0.2, -0.15) is 4.31 Å². The fourth-order valence-electron chi connectivity index (χ4n) is 1.82. The Bertz CT molecular complexity index is 489. The van der Waals surface area contributed by atoms with Gasteiger partial charge in [-0.15, -0.1) is 0 Å². The maximum atomic E-state index is 12.1. The molecule has 0 aromatic heterocycles.